The van der Waals surface area contributed by atoms with Gasteiger partial charge in [-0.3, -0.25) is 0 Å². The van der Waals surface area contributed by atoms with Gasteiger partial charge >= 0.3 is 0 Å². The van der Waals surface area contributed by atoms with Crippen LogP contribution in [0, 0.1) is 6.92 Å². The quantitative estimate of drug-likeness (QED) is 0.789. The van der Waals surface area contributed by atoms with Crippen LogP contribution in [0.5, 0.6) is 0 Å². The molecular weight excluding hydrogens is 288 g/mol. The van der Waals surface area contributed by atoms with Crippen molar-refractivity contribution in [1.82, 2.24) is 9.21 Å². The number of hydrogen-bond acceptors (Lipinski definition) is 4. The molecule has 0 aromatic heterocycles. The highest BCUT2D eigenvalue weighted by molar-refractivity contribution is 7.89. The summed E-state index contributed by atoms with van der Waals surface area (Å²) in [4.78, 5) is 2.29. The molecule has 1 aromatic carbocycles. The van der Waals surface area contributed by atoms with E-state index in [4.69, 9.17) is 0 Å². The van der Waals surface area contributed by atoms with Crippen LogP contribution in [-0.4, -0.2) is 56.5 Å². The molecule has 0 heterocycles. The van der Waals surface area contributed by atoms with E-state index in [1.54, 1.807) is 18.2 Å². The summed E-state index contributed by atoms with van der Waals surface area (Å²) >= 11 is 0. The highest BCUT2D eigenvalue weighted by Gasteiger charge is 2.23. The Morgan fingerprint density at radius 1 is 1.19 bits per heavy atom. The molecule has 0 atom stereocenters. The third kappa shape index (κ3) is 4.78. The van der Waals surface area contributed by atoms with E-state index in [-0.39, 0.29) is 11.5 Å². The number of benzene rings is 1. The minimum Gasteiger partial charge on any atom is -0.392 e. The van der Waals surface area contributed by atoms with Crippen molar-refractivity contribution >= 4 is 10.0 Å². The first-order chi connectivity index (χ1) is 9.82. The van der Waals surface area contributed by atoms with E-state index in [2.05, 4.69) is 0 Å². The normalized spacial score (nSPS) is 12.3. The number of nitrogens with zero attached hydrogens (tertiary/aromatic N) is 2. The summed E-state index contributed by atoms with van der Waals surface area (Å²) in [5.41, 5.74) is 1.55. The van der Waals surface area contributed by atoms with Gasteiger partial charge in [0.15, 0.2) is 0 Å². The van der Waals surface area contributed by atoms with Crippen molar-refractivity contribution in [2.45, 2.75) is 31.8 Å². The second-order valence-electron chi connectivity index (χ2n) is 5.40. The number of aryl methyl sites for hydroxylation is 1. The van der Waals surface area contributed by atoms with Crippen molar-refractivity contribution in [2.75, 3.05) is 33.7 Å². The summed E-state index contributed by atoms with van der Waals surface area (Å²) in [5, 5.41) is 9.29. The summed E-state index contributed by atoms with van der Waals surface area (Å²) < 4.78 is 26.8. The van der Waals surface area contributed by atoms with Gasteiger partial charge in [-0.05, 0) is 57.2 Å². The van der Waals surface area contributed by atoms with Crippen molar-refractivity contribution in [3.8, 4) is 0 Å². The summed E-state index contributed by atoms with van der Waals surface area (Å²) in [6, 6.07) is 4.92. The summed E-state index contributed by atoms with van der Waals surface area (Å²) in [6.07, 6.45) is 0.790. The average Bonchev–Trinajstić information content (AvgIpc) is 2.43. The molecule has 5 nitrogen and oxygen atoms in total. The van der Waals surface area contributed by atoms with Crippen LogP contribution in [0.15, 0.2) is 23.1 Å². The Morgan fingerprint density at radius 2 is 1.86 bits per heavy atom. The molecule has 0 amide bonds. The van der Waals surface area contributed by atoms with E-state index in [0.717, 1.165) is 18.5 Å². The van der Waals surface area contributed by atoms with E-state index in [1.165, 1.54) is 4.31 Å². The number of aliphatic hydroxyl groups excluding tert-OH is 1. The van der Waals surface area contributed by atoms with Crippen LogP contribution in [0.3, 0.4) is 0 Å². The summed E-state index contributed by atoms with van der Waals surface area (Å²) in [6.45, 7) is 5.34. The maximum atomic E-state index is 12.6. The molecule has 1 aromatic rings. The molecule has 0 saturated heterocycles. The first-order valence-electron chi connectivity index (χ1n) is 7.18. The smallest absolute Gasteiger partial charge is 0.243 e. The lowest BCUT2D eigenvalue weighted by Crippen LogP contribution is -2.33. The Morgan fingerprint density at radius 3 is 2.38 bits per heavy atom. The van der Waals surface area contributed by atoms with Crippen LogP contribution >= 0.6 is 0 Å². The summed E-state index contributed by atoms with van der Waals surface area (Å²) in [7, 11) is 0.446. The van der Waals surface area contributed by atoms with Crippen molar-refractivity contribution < 1.29 is 13.5 Å². The first kappa shape index (κ1) is 18.1. The van der Waals surface area contributed by atoms with E-state index >= 15 is 0 Å². The van der Waals surface area contributed by atoms with Crippen LogP contribution in [0.2, 0.25) is 0 Å². The Hall–Kier alpha value is -0.950. The standard InChI is InChI=1S/C15H26N2O3S/c1-5-17(10-6-9-16(3)4)21(19,20)15-8-7-13(2)14(11-15)12-18/h7-8,11,18H,5-6,9-10,12H2,1-4H3. The molecule has 0 fully saturated rings. The molecule has 0 unspecified atom stereocenters. The molecule has 0 saturated carbocycles. The second-order valence-corrected chi connectivity index (χ2v) is 7.34. The molecule has 1 rings (SSSR count). The maximum absolute atomic E-state index is 12.6. The van der Waals surface area contributed by atoms with Gasteiger partial charge in [0.1, 0.15) is 0 Å². The van der Waals surface area contributed by atoms with Crippen LogP contribution in [0.1, 0.15) is 24.5 Å². The lowest BCUT2D eigenvalue weighted by molar-refractivity contribution is 0.280. The van der Waals surface area contributed by atoms with E-state index < -0.39 is 10.0 Å². The topological polar surface area (TPSA) is 60.9 Å². The van der Waals surface area contributed by atoms with Crippen LogP contribution < -0.4 is 0 Å². The van der Waals surface area contributed by atoms with Crippen molar-refractivity contribution in [3.63, 3.8) is 0 Å². The zero-order valence-corrected chi connectivity index (χ0v) is 14.2. The number of hydrogen-bond donors (Lipinski definition) is 1. The lowest BCUT2D eigenvalue weighted by Gasteiger charge is -2.22. The highest BCUT2D eigenvalue weighted by Crippen LogP contribution is 2.20. The molecule has 0 radical (unpaired) electrons. The number of rotatable bonds is 8. The molecule has 0 spiro atoms. The van der Waals surface area contributed by atoms with Gasteiger partial charge in [0, 0.05) is 13.1 Å². The minimum absolute atomic E-state index is 0.151. The predicted molar refractivity (Wildman–Crippen MR) is 84.7 cm³/mol. The SMILES string of the molecule is CCN(CCCN(C)C)S(=O)(=O)c1ccc(C)c(CO)c1. The minimum atomic E-state index is -3.49. The van der Waals surface area contributed by atoms with E-state index in [9.17, 15) is 13.5 Å². The fraction of sp³-hybridized carbons (Fsp3) is 0.600. The van der Waals surface area contributed by atoms with E-state index in [0.29, 0.717) is 18.7 Å². The molecule has 0 aliphatic rings. The average molecular weight is 314 g/mol. The molecule has 1 N–H and O–H groups in total. The van der Waals surface area contributed by atoms with Crippen LogP contribution in [-0.2, 0) is 16.6 Å². The largest absolute Gasteiger partial charge is 0.392 e. The van der Waals surface area contributed by atoms with Crippen LogP contribution in [0.25, 0.3) is 0 Å². The van der Waals surface area contributed by atoms with Crippen molar-refractivity contribution in [3.05, 3.63) is 29.3 Å². The molecule has 21 heavy (non-hydrogen) atoms. The van der Waals surface area contributed by atoms with Crippen molar-refractivity contribution in [2.24, 2.45) is 0 Å². The fourth-order valence-electron chi connectivity index (χ4n) is 2.14. The van der Waals surface area contributed by atoms with E-state index in [1.807, 2.05) is 32.8 Å². The zero-order valence-electron chi connectivity index (χ0n) is 13.3. The molecule has 120 valence electrons. The molecule has 0 aliphatic heterocycles. The van der Waals surface area contributed by atoms with Gasteiger partial charge in [-0.1, -0.05) is 13.0 Å². The highest BCUT2D eigenvalue weighted by atomic mass is 32.2. The van der Waals surface area contributed by atoms with Gasteiger partial charge in [-0.25, -0.2) is 8.42 Å². The fourth-order valence-corrected chi connectivity index (χ4v) is 3.68. The van der Waals surface area contributed by atoms with Gasteiger partial charge in [-0.2, -0.15) is 4.31 Å². The molecular formula is C15H26N2O3S. The van der Waals surface area contributed by atoms with Crippen LogP contribution in [0.4, 0.5) is 0 Å². The van der Waals surface area contributed by atoms with Gasteiger partial charge in [0.25, 0.3) is 0 Å². The van der Waals surface area contributed by atoms with Gasteiger partial charge < -0.3 is 10.0 Å². The Labute approximate surface area is 128 Å². The monoisotopic (exact) mass is 314 g/mol. The van der Waals surface area contributed by atoms with Crippen molar-refractivity contribution in [1.29, 1.82) is 0 Å². The number of aliphatic hydroxyl groups is 1. The molecule has 0 aliphatic carbocycles. The molecule has 0 bridgehead atoms. The molecule has 6 heteroatoms. The van der Waals surface area contributed by atoms with Gasteiger partial charge in [0.2, 0.25) is 10.0 Å². The third-order valence-electron chi connectivity index (χ3n) is 3.49. The Balaban J connectivity index is 2.96. The van der Waals surface area contributed by atoms with Gasteiger partial charge in [-0.15, -0.1) is 0 Å². The number of sulfonamides is 1. The zero-order chi connectivity index (χ0) is 16.0. The predicted octanol–water partition coefficient (Wildman–Crippen LogP) is 1.45. The first-order valence-corrected chi connectivity index (χ1v) is 8.62. The summed E-state index contributed by atoms with van der Waals surface area (Å²) in [5.74, 6) is 0. The Bertz CT molecular complexity index is 556. The van der Waals surface area contributed by atoms with Gasteiger partial charge in [0.05, 0.1) is 11.5 Å². The maximum Gasteiger partial charge on any atom is 0.243 e. The second kappa shape index (κ2) is 7.89. The third-order valence-corrected chi connectivity index (χ3v) is 5.46. The lowest BCUT2D eigenvalue weighted by atomic mass is 10.1. The Kier molecular flexibility index (Phi) is 6.80.